The SMILES string of the molecule is OCC12CCCC(Br)(C1)C2. The maximum Gasteiger partial charge on any atom is 0.0488 e. The zero-order valence-electron chi connectivity index (χ0n) is 6.07. The first-order valence-corrected chi connectivity index (χ1v) is 4.77. The third-order valence-electron chi connectivity index (χ3n) is 3.05. The monoisotopic (exact) mass is 204 g/mol. The molecule has 3 aliphatic carbocycles. The molecule has 0 spiro atoms. The van der Waals surface area contributed by atoms with Crippen LogP contribution in [0.15, 0.2) is 0 Å². The van der Waals surface area contributed by atoms with Crippen molar-refractivity contribution in [3.8, 4) is 0 Å². The van der Waals surface area contributed by atoms with E-state index in [1.54, 1.807) is 0 Å². The van der Waals surface area contributed by atoms with Gasteiger partial charge in [0.2, 0.25) is 0 Å². The number of hydrogen-bond donors (Lipinski definition) is 1. The Morgan fingerprint density at radius 1 is 1.30 bits per heavy atom. The third-order valence-corrected chi connectivity index (χ3v) is 4.01. The van der Waals surface area contributed by atoms with Crippen LogP contribution < -0.4 is 0 Å². The Hall–Kier alpha value is 0.440. The second-order valence-electron chi connectivity index (χ2n) is 4.02. The van der Waals surface area contributed by atoms with Crippen LogP contribution in [0.4, 0.5) is 0 Å². The lowest BCUT2D eigenvalue weighted by molar-refractivity contribution is -0.0268. The summed E-state index contributed by atoms with van der Waals surface area (Å²) >= 11 is 3.72. The van der Waals surface area contributed by atoms with Crippen LogP contribution >= 0.6 is 15.9 Å². The number of halogens is 1. The third kappa shape index (κ3) is 0.850. The van der Waals surface area contributed by atoms with E-state index in [-0.39, 0.29) is 0 Å². The number of rotatable bonds is 1. The fourth-order valence-electron chi connectivity index (χ4n) is 2.62. The van der Waals surface area contributed by atoms with Crippen LogP contribution in [0.3, 0.4) is 0 Å². The van der Waals surface area contributed by atoms with Crippen LogP contribution in [0.5, 0.6) is 0 Å². The van der Waals surface area contributed by atoms with Gasteiger partial charge in [-0.3, -0.25) is 0 Å². The molecule has 0 aliphatic heterocycles. The summed E-state index contributed by atoms with van der Waals surface area (Å²) in [5.74, 6) is 0. The molecule has 2 bridgehead atoms. The molecule has 3 saturated carbocycles. The molecule has 58 valence electrons. The van der Waals surface area contributed by atoms with E-state index in [4.69, 9.17) is 5.11 Å². The topological polar surface area (TPSA) is 20.2 Å². The molecule has 0 atom stereocenters. The van der Waals surface area contributed by atoms with Crippen molar-refractivity contribution in [2.24, 2.45) is 5.41 Å². The molecule has 0 radical (unpaired) electrons. The minimum atomic E-state index is 0.335. The molecule has 0 unspecified atom stereocenters. The molecule has 0 aromatic rings. The van der Waals surface area contributed by atoms with E-state index in [9.17, 15) is 0 Å². The molecule has 3 fully saturated rings. The van der Waals surface area contributed by atoms with Gasteiger partial charge in [0.15, 0.2) is 0 Å². The number of fused-ring (bicyclic) bond motifs is 2. The zero-order chi connectivity index (χ0) is 7.24. The Morgan fingerprint density at radius 2 is 2.00 bits per heavy atom. The molecule has 1 N–H and O–H groups in total. The fourth-order valence-corrected chi connectivity index (χ4v) is 4.09. The van der Waals surface area contributed by atoms with Gasteiger partial charge in [-0.1, -0.05) is 22.4 Å². The van der Waals surface area contributed by atoms with Gasteiger partial charge in [-0.15, -0.1) is 0 Å². The molecule has 0 amide bonds. The smallest absolute Gasteiger partial charge is 0.0488 e. The molecule has 0 aromatic carbocycles. The van der Waals surface area contributed by atoms with E-state index in [2.05, 4.69) is 15.9 Å². The normalized spacial score (nSPS) is 52.2. The lowest BCUT2D eigenvalue weighted by Gasteiger charge is -2.57. The van der Waals surface area contributed by atoms with Crippen molar-refractivity contribution < 1.29 is 5.11 Å². The minimum absolute atomic E-state index is 0.335. The summed E-state index contributed by atoms with van der Waals surface area (Å²) in [6.45, 7) is 0.403. The molecule has 3 aliphatic rings. The second-order valence-corrected chi connectivity index (χ2v) is 5.70. The predicted octanol–water partition coefficient (Wildman–Crippen LogP) is 2.08. The Morgan fingerprint density at radius 3 is 2.40 bits per heavy atom. The summed E-state index contributed by atoms with van der Waals surface area (Å²) in [7, 11) is 0. The van der Waals surface area contributed by atoms with Crippen molar-refractivity contribution in [1.29, 1.82) is 0 Å². The van der Waals surface area contributed by atoms with Crippen LogP contribution in [-0.4, -0.2) is 16.0 Å². The van der Waals surface area contributed by atoms with E-state index in [0.717, 1.165) is 0 Å². The molecule has 3 rings (SSSR count). The maximum absolute atomic E-state index is 9.08. The van der Waals surface area contributed by atoms with Crippen LogP contribution in [-0.2, 0) is 0 Å². The van der Waals surface area contributed by atoms with Gasteiger partial charge in [-0.2, -0.15) is 0 Å². The first-order chi connectivity index (χ1) is 4.68. The summed E-state index contributed by atoms with van der Waals surface area (Å²) < 4.78 is 0.438. The van der Waals surface area contributed by atoms with Gasteiger partial charge in [-0.25, -0.2) is 0 Å². The molecule has 0 saturated heterocycles. The van der Waals surface area contributed by atoms with Gasteiger partial charge in [0.05, 0.1) is 0 Å². The van der Waals surface area contributed by atoms with Crippen LogP contribution in [0, 0.1) is 5.41 Å². The molecule has 2 heteroatoms. The van der Waals surface area contributed by atoms with Gasteiger partial charge < -0.3 is 5.11 Å². The van der Waals surface area contributed by atoms with E-state index in [1.807, 2.05) is 0 Å². The molecule has 10 heavy (non-hydrogen) atoms. The van der Waals surface area contributed by atoms with Crippen molar-refractivity contribution >= 4 is 15.9 Å². The first kappa shape index (κ1) is 7.11. The number of hydrogen-bond acceptors (Lipinski definition) is 1. The number of aliphatic hydroxyl groups excluding tert-OH is 1. The Kier molecular flexibility index (Phi) is 1.41. The summed E-state index contributed by atoms with van der Waals surface area (Å²) in [6, 6.07) is 0. The fraction of sp³-hybridized carbons (Fsp3) is 1.00. The van der Waals surface area contributed by atoms with Gasteiger partial charge in [0.1, 0.15) is 0 Å². The molecule has 1 nitrogen and oxygen atoms in total. The van der Waals surface area contributed by atoms with Crippen molar-refractivity contribution in [3.63, 3.8) is 0 Å². The van der Waals surface area contributed by atoms with Gasteiger partial charge in [0.25, 0.3) is 0 Å². The first-order valence-electron chi connectivity index (χ1n) is 3.98. The van der Waals surface area contributed by atoms with Gasteiger partial charge >= 0.3 is 0 Å². The van der Waals surface area contributed by atoms with Crippen LogP contribution in [0.1, 0.15) is 32.1 Å². The highest BCUT2D eigenvalue weighted by molar-refractivity contribution is 9.10. The van der Waals surface area contributed by atoms with Crippen LogP contribution in [0.25, 0.3) is 0 Å². The van der Waals surface area contributed by atoms with E-state index in [0.29, 0.717) is 16.3 Å². The lowest BCUT2D eigenvalue weighted by Crippen LogP contribution is -2.53. The Balaban J connectivity index is 2.08. The number of alkyl halides is 1. The average molecular weight is 205 g/mol. The van der Waals surface area contributed by atoms with E-state index < -0.39 is 0 Å². The average Bonchev–Trinajstić information content (AvgIpc) is 1.86. The largest absolute Gasteiger partial charge is 0.396 e. The summed E-state index contributed by atoms with van der Waals surface area (Å²) in [5, 5.41) is 9.08. The molecule has 0 aromatic heterocycles. The number of aliphatic hydroxyl groups is 1. The summed E-state index contributed by atoms with van der Waals surface area (Å²) in [4.78, 5) is 0. The maximum atomic E-state index is 9.08. The van der Waals surface area contributed by atoms with E-state index >= 15 is 0 Å². The Labute approximate surface area is 69.9 Å². The zero-order valence-corrected chi connectivity index (χ0v) is 7.65. The minimum Gasteiger partial charge on any atom is -0.396 e. The summed E-state index contributed by atoms with van der Waals surface area (Å²) in [5.41, 5.74) is 0.335. The predicted molar refractivity (Wildman–Crippen MR) is 44.3 cm³/mol. The highest BCUT2D eigenvalue weighted by Crippen LogP contribution is 2.62. The van der Waals surface area contributed by atoms with E-state index in [1.165, 1.54) is 32.1 Å². The van der Waals surface area contributed by atoms with Crippen molar-refractivity contribution in [1.82, 2.24) is 0 Å². The standard InChI is InChI=1S/C8H13BrO/c9-8-3-1-2-7(4-8,5-8)6-10/h10H,1-6H2. The molecular formula is C8H13BrO. The van der Waals surface area contributed by atoms with Crippen LogP contribution in [0.2, 0.25) is 0 Å². The lowest BCUT2D eigenvalue weighted by atomic mass is 9.54. The highest BCUT2D eigenvalue weighted by Gasteiger charge is 2.55. The van der Waals surface area contributed by atoms with Crippen molar-refractivity contribution in [3.05, 3.63) is 0 Å². The Bertz CT molecular complexity index is 149. The second kappa shape index (κ2) is 1.98. The highest BCUT2D eigenvalue weighted by atomic mass is 79.9. The molecular weight excluding hydrogens is 192 g/mol. The van der Waals surface area contributed by atoms with Crippen molar-refractivity contribution in [2.45, 2.75) is 36.4 Å². The quantitative estimate of drug-likeness (QED) is 0.649. The molecule has 0 heterocycles. The van der Waals surface area contributed by atoms with Crippen molar-refractivity contribution in [2.75, 3.05) is 6.61 Å². The van der Waals surface area contributed by atoms with Gasteiger partial charge in [0, 0.05) is 10.9 Å². The van der Waals surface area contributed by atoms with Gasteiger partial charge in [-0.05, 0) is 31.1 Å². The summed E-state index contributed by atoms with van der Waals surface area (Å²) in [6.07, 6.45) is 6.27.